The Kier molecular flexibility index (Phi) is 7.85. The number of anilines is 3. The summed E-state index contributed by atoms with van der Waals surface area (Å²) in [5.74, 6) is 0. The van der Waals surface area contributed by atoms with Crippen LogP contribution in [0.5, 0.6) is 0 Å². The molecule has 0 spiro atoms. The highest BCUT2D eigenvalue weighted by atomic mass is 16.3. The molecular formula is C52H35NO. The normalized spacial score (nSPS) is 11.3. The largest absolute Gasteiger partial charge is 0.455 e. The summed E-state index contributed by atoms with van der Waals surface area (Å²) in [5, 5.41) is 4.55. The molecule has 2 nitrogen and oxygen atoms in total. The minimum absolute atomic E-state index is 0.889. The monoisotopic (exact) mass is 689 g/mol. The van der Waals surface area contributed by atoms with E-state index in [1.54, 1.807) is 0 Å². The molecule has 0 amide bonds. The molecule has 0 radical (unpaired) electrons. The van der Waals surface area contributed by atoms with Crippen molar-refractivity contribution in [2.45, 2.75) is 0 Å². The van der Waals surface area contributed by atoms with Crippen molar-refractivity contribution in [1.29, 1.82) is 0 Å². The van der Waals surface area contributed by atoms with Gasteiger partial charge >= 0.3 is 0 Å². The topological polar surface area (TPSA) is 16.4 Å². The molecule has 0 fully saturated rings. The van der Waals surface area contributed by atoms with E-state index >= 15 is 0 Å². The fourth-order valence-corrected chi connectivity index (χ4v) is 7.84. The van der Waals surface area contributed by atoms with E-state index in [2.05, 4.69) is 217 Å². The van der Waals surface area contributed by atoms with E-state index in [0.717, 1.165) is 55.5 Å². The van der Waals surface area contributed by atoms with Gasteiger partial charge in [0.15, 0.2) is 0 Å². The number of furan rings is 1. The maximum absolute atomic E-state index is 6.51. The van der Waals surface area contributed by atoms with Crippen LogP contribution in [0.4, 0.5) is 17.1 Å². The fourth-order valence-electron chi connectivity index (χ4n) is 7.84. The molecule has 254 valence electrons. The van der Waals surface area contributed by atoms with Crippen molar-refractivity contribution in [2.24, 2.45) is 0 Å². The number of para-hydroxylation sites is 1. The highest BCUT2D eigenvalue weighted by Gasteiger charge is 2.20. The molecule has 0 aliphatic rings. The van der Waals surface area contributed by atoms with Crippen LogP contribution in [0.15, 0.2) is 217 Å². The molecule has 1 heterocycles. The van der Waals surface area contributed by atoms with Crippen LogP contribution in [0.2, 0.25) is 0 Å². The SMILES string of the molecule is c1ccc(-c2ccc(N(c3ccc(-c4ccccc4)c(-c4ccccc4)c3)c3ccccc3-c3ccc4oc5c6ccccc6ccc5c4c3)cc2)cc1. The number of fused-ring (bicyclic) bond motifs is 5. The molecule has 10 aromatic rings. The van der Waals surface area contributed by atoms with Crippen molar-refractivity contribution < 1.29 is 4.42 Å². The van der Waals surface area contributed by atoms with E-state index in [0.29, 0.717) is 0 Å². The molecule has 0 atom stereocenters. The predicted molar refractivity (Wildman–Crippen MR) is 228 cm³/mol. The summed E-state index contributed by atoms with van der Waals surface area (Å²) in [5.41, 5.74) is 14.5. The summed E-state index contributed by atoms with van der Waals surface area (Å²) in [4.78, 5) is 2.40. The van der Waals surface area contributed by atoms with Gasteiger partial charge in [-0.3, -0.25) is 0 Å². The number of rotatable bonds is 7. The average Bonchev–Trinajstić information content (AvgIpc) is 3.64. The molecule has 9 aromatic carbocycles. The first-order chi connectivity index (χ1) is 26.8. The first-order valence-electron chi connectivity index (χ1n) is 18.4. The van der Waals surface area contributed by atoms with Crippen LogP contribution in [0.25, 0.3) is 77.2 Å². The third-order valence-electron chi connectivity index (χ3n) is 10.5. The Morgan fingerprint density at radius 3 is 1.67 bits per heavy atom. The number of benzene rings is 9. The number of hydrogen-bond donors (Lipinski definition) is 0. The first-order valence-corrected chi connectivity index (χ1v) is 18.4. The first kappa shape index (κ1) is 31.6. The molecule has 54 heavy (non-hydrogen) atoms. The number of nitrogens with zero attached hydrogens (tertiary/aromatic N) is 1. The van der Waals surface area contributed by atoms with E-state index in [-0.39, 0.29) is 0 Å². The van der Waals surface area contributed by atoms with Crippen LogP contribution >= 0.6 is 0 Å². The maximum Gasteiger partial charge on any atom is 0.143 e. The predicted octanol–water partition coefficient (Wildman–Crippen LogP) is 14.9. The van der Waals surface area contributed by atoms with Crippen LogP contribution in [0.1, 0.15) is 0 Å². The Morgan fingerprint density at radius 2 is 0.907 bits per heavy atom. The van der Waals surface area contributed by atoms with E-state index in [4.69, 9.17) is 4.42 Å². The van der Waals surface area contributed by atoms with Crippen LogP contribution in [0.3, 0.4) is 0 Å². The summed E-state index contributed by atoms with van der Waals surface area (Å²) < 4.78 is 6.51. The highest BCUT2D eigenvalue weighted by molar-refractivity contribution is 6.15. The molecule has 10 rings (SSSR count). The smallest absolute Gasteiger partial charge is 0.143 e. The molecule has 0 unspecified atom stereocenters. The zero-order valence-corrected chi connectivity index (χ0v) is 29.6. The van der Waals surface area contributed by atoms with Crippen molar-refractivity contribution in [3.8, 4) is 44.5 Å². The molecule has 0 saturated heterocycles. The average molecular weight is 690 g/mol. The number of hydrogen-bond acceptors (Lipinski definition) is 2. The lowest BCUT2D eigenvalue weighted by molar-refractivity contribution is 0.672. The van der Waals surface area contributed by atoms with Gasteiger partial charge in [0.05, 0.1) is 5.69 Å². The second-order valence-corrected chi connectivity index (χ2v) is 13.7. The molecule has 2 heteroatoms. The Morgan fingerprint density at radius 1 is 0.315 bits per heavy atom. The van der Waals surface area contributed by atoms with Gasteiger partial charge in [-0.05, 0) is 92.9 Å². The quantitative estimate of drug-likeness (QED) is 0.166. The zero-order chi connectivity index (χ0) is 35.8. The van der Waals surface area contributed by atoms with Crippen LogP contribution in [0, 0.1) is 0 Å². The molecule has 0 N–H and O–H groups in total. The molecule has 0 aliphatic carbocycles. The lowest BCUT2D eigenvalue weighted by atomic mass is 9.93. The Balaban J connectivity index is 1.17. The summed E-state index contributed by atoms with van der Waals surface area (Å²) in [6, 6.07) is 75.9. The zero-order valence-electron chi connectivity index (χ0n) is 29.6. The van der Waals surface area contributed by atoms with Crippen molar-refractivity contribution in [3.05, 3.63) is 212 Å². The molecule has 0 saturated carbocycles. The van der Waals surface area contributed by atoms with Gasteiger partial charge in [-0.25, -0.2) is 0 Å². The summed E-state index contributed by atoms with van der Waals surface area (Å²) in [6.07, 6.45) is 0. The van der Waals surface area contributed by atoms with Gasteiger partial charge in [0, 0.05) is 33.1 Å². The van der Waals surface area contributed by atoms with Gasteiger partial charge < -0.3 is 9.32 Å². The van der Waals surface area contributed by atoms with E-state index < -0.39 is 0 Å². The van der Waals surface area contributed by atoms with E-state index in [9.17, 15) is 0 Å². The second kappa shape index (κ2) is 13.4. The van der Waals surface area contributed by atoms with Gasteiger partial charge in [0.2, 0.25) is 0 Å². The second-order valence-electron chi connectivity index (χ2n) is 13.7. The summed E-state index contributed by atoms with van der Waals surface area (Å²) in [6.45, 7) is 0. The standard InChI is InChI=1S/C52H35NO/c1-4-14-36(15-5-1)37-24-28-42(29-25-37)53(43-30-32-44(38-16-6-2-7-17-38)48(35-43)39-18-8-3-9-19-39)50-23-13-12-21-45(50)41-27-33-51-49(34-41)47-31-26-40-20-10-11-22-46(40)52(47)54-51/h1-35H. The van der Waals surface area contributed by atoms with Gasteiger partial charge in [0.1, 0.15) is 11.2 Å². The van der Waals surface area contributed by atoms with E-state index in [1.165, 1.54) is 38.8 Å². The van der Waals surface area contributed by atoms with E-state index in [1.807, 2.05) is 0 Å². The van der Waals surface area contributed by atoms with Crippen molar-refractivity contribution in [1.82, 2.24) is 0 Å². The van der Waals surface area contributed by atoms with Gasteiger partial charge in [-0.1, -0.05) is 164 Å². The van der Waals surface area contributed by atoms with Crippen molar-refractivity contribution >= 4 is 49.8 Å². The summed E-state index contributed by atoms with van der Waals surface area (Å²) in [7, 11) is 0. The molecule has 1 aromatic heterocycles. The van der Waals surface area contributed by atoms with Crippen molar-refractivity contribution in [3.63, 3.8) is 0 Å². The maximum atomic E-state index is 6.51. The molecule has 0 bridgehead atoms. The van der Waals surface area contributed by atoms with Crippen LogP contribution in [-0.2, 0) is 0 Å². The third-order valence-corrected chi connectivity index (χ3v) is 10.5. The van der Waals surface area contributed by atoms with Crippen LogP contribution in [-0.4, -0.2) is 0 Å². The highest BCUT2D eigenvalue weighted by Crippen LogP contribution is 2.45. The lowest BCUT2D eigenvalue weighted by Gasteiger charge is -2.29. The Labute approximate surface area is 314 Å². The van der Waals surface area contributed by atoms with Crippen LogP contribution < -0.4 is 4.90 Å². The van der Waals surface area contributed by atoms with Gasteiger partial charge in [-0.15, -0.1) is 0 Å². The minimum Gasteiger partial charge on any atom is -0.455 e. The van der Waals surface area contributed by atoms with Gasteiger partial charge in [0.25, 0.3) is 0 Å². The van der Waals surface area contributed by atoms with Crippen molar-refractivity contribution in [2.75, 3.05) is 4.90 Å². The summed E-state index contributed by atoms with van der Waals surface area (Å²) >= 11 is 0. The Bertz CT molecular complexity index is 2910. The molecule has 0 aliphatic heterocycles. The fraction of sp³-hybridized carbons (Fsp3) is 0. The Hall–Kier alpha value is -7.16. The van der Waals surface area contributed by atoms with Gasteiger partial charge in [-0.2, -0.15) is 0 Å². The molecular weight excluding hydrogens is 655 g/mol. The lowest BCUT2D eigenvalue weighted by Crippen LogP contribution is -2.11. The minimum atomic E-state index is 0.889. The third kappa shape index (κ3) is 5.62.